The molecule has 3 saturated heterocycles. The fourth-order valence-corrected chi connectivity index (χ4v) is 3.85. The summed E-state index contributed by atoms with van der Waals surface area (Å²) in [5.74, 6) is 0. The minimum absolute atomic E-state index is 0.383. The SMILES string of the molecule is CC(C1CNCCO1)N1CCC(N2CCCCC2)C1. The summed E-state index contributed by atoms with van der Waals surface area (Å²) in [4.78, 5) is 5.38. The quantitative estimate of drug-likeness (QED) is 0.823. The van der Waals surface area contributed by atoms with Gasteiger partial charge in [0.25, 0.3) is 0 Å². The molecule has 0 radical (unpaired) electrons. The van der Waals surface area contributed by atoms with Gasteiger partial charge in [0, 0.05) is 38.3 Å². The van der Waals surface area contributed by atoms with E-state index >= 15 is 0 Å². The Kier molecular flexibility index (Phi) is 4.74. The molecule has 1 N–H and O–H groups in total. The normalized spacial score (nSPS) is 36.5. The van der Waals surface area contributed by atoms with E-state index in [1.165, 1.54) is 51.9 Å². The molecule has 3 aliphatic heterocycles. The fraction of sp³-hybridized carbons (Fsp3) is 1.00. The molecule has 3 heterocycles. The van der Waals surface area contributed by atoms with Crippen molar-refractivity contribution in [3.8, 4) is 0 Å². The Labute approximate surface area is 117 Å². The summed E-state index contributed by atoms with van der Waals surface area (Å²) in [7, 11) is 0. The highest BCUT2D eigenvalue weighted by atomic mass is 16.5. The molecule has 3 unspecified atom stereocenters. The molecular weight excluding hydrogens is 238 g/mol. The lowest BCUT2D eigenvalue weighted by molar-refractivity contribution is -0.0222. The second kappa shape index (κ2) is 6.53. The summed E-state index contributed by atoms with van der Waals surface area (Å²) >= 11 is 0. The minimum Gasteiger partial charge on any atom is -0.374 e. The van der Waals surface area contributed by atoms with Gasteiger partial charge in [0.1, 0.15) is 0 Å². The average molecular weight is 267 g/mol. The minimum atomic E-state index is 0.383. The first-order chi connectivity index (χ1) is 9.34. The number of hydrogen-bond acceptors (Lipinski definition) is 4. The number of nitrogens with zero attached hydrogens (tertiary/aromatic N) is 2. The van der Waals surface area contributed by atoms with Crippen molar-refractivity contribution < 1.29 is 4.74 Å². The second-order valence-electron chi connectivity index (χ2n) is 6.39. The number of rotatable bonds is 3. The Morgan fingerprint density at radius 2 is 2.00 bits per heavy atom. The van der Waals surface area contributed by atoms with E-state index in [0.29, 0.717) is 12.1 Å². The van der Waals surface area contributed by atoms with Crippen LogP contribution in [0.15, 0.2) is 0 Å². The van der Waals surface area contributed by atoms with E-state index in [-0.39, 0.29) is 0 Å². The fourth-order valence-electron chi connectivity index (χ4n) is 3.85. The zero-order chi connectivity index (χ0) is 13.1. The summed E-state index contributed by atoms with van der Waals surface area (Å²) in [6.07, 6.45) is 5.98. The average Bonchev–Trinajstić information content (AvgIpc) is 2.98. The van der Waals surface area contributed by atoms with Crippen LogP contribution in [-0.4, -0.2) is 73.9 Å². The Hall–Kier alpha value is -0.160. The lowest BCUT2D eigenvalue weighted by atomic mass is 10.1. The lowest BCUT2D eigenvalue weighted by Crippen LogP contribution is -2.51. The van der Waals surface area contributed by atoms with E-state index in [0.717, 1.165) is 25.7 Å². The largest absolute Gasteiger partial charge is 0.374 e. The van der Waals surface area contributed by atoms with Gasteiger partial charge in [0.05, 0.1) is 12.7 Å². The smallest absolute Gasteiger partial charge is 0.0852 e. The number of likely N-dealkylation sites (tertiary alicyclic amines) is 2. The van der Waals surface area contributed by atoms with Gasteiger partial charge in [-0.05, 0) is 39.3 Å². The van der Waals surface area contributed by atoms with Crippen LogP contribution in [0.2, 0.25) is 0 Å². The molecule has 19 heavy (non-hydrogen) atoms. The van der Waals surface area contributed by atoms with Crippen LogP contribution in [-0.2, 0) is 4.74 Å². The number of nitrogens with one attached hydrogen (secondary N) is 1. The first-order valence-corrected chi connectivity index (χ1v) is 8.15. The topological polar surface area (TPSA) is 27.7 Å². The van der Waals surface area contributed by atoms with Gasteiger partial charge in [0.2, 0.25) is 0 Å². The maximum absolute atomic E-state index is 5.92. The van der Waals surface area contributed by atoms with E-state index in [2.05, 4.69) is 22.0 Å². The van der Waals surface area contributed by atoms with Crippen molar-refractivity contribution in [2.24, 2.45) is 0 Å². The van der Waals surface area contributed by atoms with E-state index in [1.54, 1.807) is 0 Å². The summed E-state index contributed by atoms with van der Waals surface area (Å²) < 4.78 is 5.92. The van der Waals surface area contributed by atoms with Crippen LogP contribution in [0.5, 0.6) is 0 Å². The van der Waals surface area contributed by atoms with E-state index in [4.69, 9.17) is 4.74 Å². The molecule has 0 aromatic carbocycles. The number of hydrogen-bond donors (Lipinski definition) is 1. The van der Waals surface area contributed by atoms with Crippen LogP contribution in [0.4, 0.5) is 0 Å². The van der Waals surface area contributed by atoms with Crippen LogP contribution in [0, 0.1) is 0 Å². The molecule has 0 spiro atoms. The molecule has 4 nitrogen and oxygen atoms in total. The summed E-state index contributed by atoms with van der Waals surface area (Å²) in [6, 6.07) is 1.36. The Balaban J connectivity index is 1.49. The summed E-state index contributed by atoms with van der Waals surface area (Å²) in [5, 5.41) is 3.45. The molecule has 0 saturated carbocycles. The molecule has 0 aromatic rings. The van der Waals surface area contributed by atoms with E-state index in [1.807, 2.05) is 0 Å². The number of ether oxygens (including phenoxy) is 1. The maximum atomic E-state index is 5.92. The van der Waals surface area contributed by atoms with Gasteiger partial charge in [-0.2, -0.15) is 0 Å². The molecule has 0 aromatic heterocycles. The van der Waals surface area contributed by atoms with Gasteiger partial charge in [-0.25, -0.2) is 0 Å². The molecule has 3 rings (SSSR count). The van der Waals surface area contributed by atoms with Crippen LogP contribution >= 0.6 is 0 Å². The molecular formula is C15H29N3O. The predicted molar refractivity (Wildman–Crippen MR) is 77.5 cm³/mol. The highest BCUT2D eigenvalue weighted by Crippen LogP contribution is 2.23. The highest BCUT2D eigenvalue weighted by Gasteiger charge is 2.34. The molecule has 0 bridgehead atoms. The van der Waals surface area contributed by atoms with Crippen molar-refractivity contribution in [3.05, 3.63) is 0 Å². The molecule has 3 atom stereocenters. The molecule has 0 aliphatic carbocycles. The molecule has 3 aliphatic rings. The van der Waals surface area contributed by atoms with Gasteiger partial charge < -0.3 is 10.1 Å². The highest BCUT2D eigenvalue weighted by molar-refractivity contribution is 4.90. The monoisotopic (exact) mass is 267 g/mol. The first-order valence-electron chi connectivity index (χ1n) is 8.15. The molecule has 0 amide bonds. The van der Waals surface area contributed by atoms with Crippen molar-refractivity contribution >= 4 is 0 Å². The standard InChI is InChI=1S/C15H29N3O/c1-13(15-11-16-6-10-19-15)18-9-5-14(12-18)17-7-3-2-4-8-17/h13-16H,2-12H2,1H3. The zero-order valence-electron chi connectivity index (χ0n) is 12.3. The Morgan fingerprint density at radius 3 is 2.74 bits per heavy atom. The third kappa shape index (κ3) is 3.30. The van der Waals surface area contributed by atoms with Crippen molar-refractivity contribution in [1.82, 2.24) is 15.1 Å². The second-order valence-corrected chi connectivity index (χ2v) is 6.39. The van der Waals surface area contributed by atoms with Gasteiger partial charge in [0.15, 0.2) is 0 Å². The lowest BCUT2D eigenvalue weighted by Gasteiger charge is -2.36. The summed E-state index contributed by atoms with van der Waals surface area (Å²) in [5.41, 5.74) is 0. The molecule has 4 heteroatoms. The predicted octanol–water partition coefficient (Wildman–Crippen LogP) is 0.924. The van der Waals surface area contributed by atoms with Gasteiger partial charge in [-0.3, -0.25) is 9.80 Å². The van der Waals surface area contributed by atoms with Crippen molar-refractivity contribution in [3.63, 3.8) is 0 Å². The third-order valence-electron chi connectivity index (χ3n) is 5.17. The Bertz CT molecular complexity index is 275. The van der Waals surface area contributed by atoms with Crippen molar-refractivity contribution in [1.29, 1.82) is 0 Å². The number of morpholine rings is 1. The van der Waals surface area contributed by atoms with Crippen molar-refractivity contribution in [2.75, 3.05) is 45.9 Å². The first kappa shape index (κ1) is 13.8. The van der Waals surface area contributed by atoms with E-state index < -0.39 is 0 Å². The Morgan fingerprint density at radius 1 is 1.16 bits per heavy atom. The molecule has 3 fully saturated rings. The van der Waals surface area contributed by atoms with Gasteiger partial charge >= 0.3 is 0 Å². The third-order valence-corrected chi connectivity index (χ3v) is 5.17. The van der Waals surface area contributed by atoms with Crippen LogP contribution < -0.4 is 5.32 Å². The maximum Gasteiger partial charge on any atom is 0.0852 e. The van der Waals surface area contributed by atoms with Gasteiger partial charge in [-0.1, -0.05) is 6.42 Å². The summed E-state index contributed by atoms with van der Waals surface area (Å²) in [6.45, 7) is 10.4. The zero-order valence-corrected chi connectivity index (χ0v) is 12.3. The molecule has 110 valence electrons. The van der Waals surface area contributed by atoms with Gasteiger partial charge in [-0.15, -0.1) is 0 Å². The van der Waals surface area contributed by atoms with E-state index in [9.17, 15) is 0 Å². The van der Waals surface area contributed by atoms with Crippen molar-refractivity contribution in [2.45, 2.75) is 50.8 Å². The van der Waals surface area contributed by atoms with Crippen LogP contribution in [0.1, 0.15) is 32.6 Å². The van der Waals surface area contributed by atoms with Crippen LogP contribution in [0.25, 0.3) is 0 Å². The number of piperidine rings is 1. The van der Waals surface area contributed by atoms with Crippen LogP contribution in [0.3, 0.4) is 0 Å².